The summed E-state index contributed by atoms with van der Waals surface area (Å²) in [5.41, 5.74) is -0.406. The van der Waals surface area contributed by atoms with Gasteiger partial charge in [-0.3, -0.25) is 24.3 Å². The molecule has 0 aliphatic rings. The molecule has 0 aliphatic heterocycles. The first-order valence-corrected chi connectivity index (χ1v) is 8.58. The lowest BCUT2D eigenvalue weighted by Crippen LogP contribution is -2.18. The zero-order valence-electron chi connectivity index (χ0n) is 13.7. The molecule has 0 spiro atoms. The molecule has 2 aromatic heterocycles. The summed E-state index contributed by atoms with van der Waals surface area (Å²) >= 11 is 9.25. The van der Waals surface area contributed by atoms with Crippen molar-refractivity contribution >= 4 is 44.9 Å². The molecule has 3 aromatic rings. The highest BCUT2D eigenvalue weighted by Crippen LogP contribution is 2.25. The molecule has 0 bridgehead atoms. The third-order valence-corrected chi connectivity index (χ3v) is 4.60. The quantitative estimate of drug-likeness (QED) is 0.467. The summed E-state index contributed by atoms with van der Waals surface area (Å²) < 4.78 is 16.8. The van der Waals surface area contributed by atoms with E-state index in [0.29, 0.717) is 4.47 Å². The van der Waals surface area contributed by atoms with Crippen LogP contribution in [0.1, 0.15) is 16.1 Å². The molecule has 0 saturated carbocycles. The van der Waals surface area contributed by atoms with Gasteiger partial charge in [0.2, 0.25) is 5.69 Å². The molecule has 0 fully saturated rings. The van der Waals surface area contributed by atoms with Gasteiger partial charge in [0.15, 0.2) is 5.82 Å². The Morgan fingerprint density at radius 3 is 2.89 bits per heavy atom. The number of nitrogens with one attached hydrogen (secondary N) is 1. The van der Waals surface area contributed by atoms with Crippen LogP contribution < -0.4 is 5.32 Å². The number of amides is 1. The second-order valence-electron chi connectivity index (χ2n) is 5.44. The minimum atomic E-state index is -0.753. The molecule has 1 aromatic carbocycles. The van der Waals surface area contributed by atoms with Gasteiger partial charge in [0, 0.05) is 23.8 Å². The maximum Gasteiger partial charge on any atom is 0.320 e. The van der Waals surface area contributed by atoms with E-state index in [0.717, 1.165) is 10.9 Å². The molecule has 140 valence electrons. The summed E-state index contributed by atoms with van der Waals surface area (Å²) in [4.78, 5) is 22.7. The van der Waals surface area contributed by atoms with Crippen LogP contribution in [0.15, 0.2) is 35.1 Å². The fourth-order valence-electron chi connectivity index (χ4n) is 2.40. The molecule has 3 rings (SSSR count). The second kappa shape index (κ2) is 7.45. The van der Waals surface area contributed by atoms with Crippen molar-refractivity contribution in [2.24, 2.45) is 7.05 Å². The monoisotopic (exact) mass is 456 g/mol. The third-order valence-electron chi connectivity index (χ3n) is 3.66. The number of nitrogens with zero attached hydrogens (tertiary/aromatic N) is 5. The van der Waals surface area contributed by atoms with Crippen LogP contribution in [0.25, 0.3) is 0 Å². The van der Waals surface area contributed by atoms with Gasteiger partial charge in [0.05, 0.1) is 15.9 Å². The number of halogens is 3. The second-order valence-corrected chi connectivity index (χ2v) is 6.70. The largest absolute Gasteiger partial charge is 0.320 e. The third kappa shape index (κ3) is 3.83. The molecule has 2 heterocycles. The van der Waals surface area contributed by atoms with Crippen LogP contribution in [0, 0.1) is 15.9 Å². The maximum absolute atomic E-state index is 13.9. The number of carbonyl (C=O) groups excluding carboxylic acids is 1. The van der Waals surface area contributed by atoms with Crippen molar-refractivity contribution in [1.29, 1.82) is 0 Å². The van der Waals surface area contributed by atoms with Gasteiger partial charge in [-0.05, 0) is 28.1 Å². The minimum Gasteiger partial charge on any atom is -0.303 e. The number of anilines is 1. The molecular weight excluding hydrogens is 447 g/mol. The Labute approximate surface area is 165 Å². The van der Waals surface area contributed by atoms with Gasteiger partial charge >= 0.3 is 5.69 Å². The van der Waals surface area contributed by atoms with Crippen LogP contribution >= 0.6 is 27.5 Å². The van der Waals surface area contributed by atoms with E-state index in [-0.39, 0.29) is 28.6 Å². The Hall–Kier alpha value is -2.79. The number of hydrogen-bond acceptors (Lipinski definition) is 5. The highest BCUT2D eigenvalue weighted by Gasteiger charge is 2.26. The summed E-state index contributed by atoms with van der Waals surface area (Å²) in [6, 6.07) is 4.33. The molecule has 0 saturated heterocycles. The predicted octanol–water partition coefficient (Wildman–Crippen LogP) is 3.38. The van der Waals surface area contributed by atoms with Gasteiger partial charge in [-0.2, -0.15) is 10.2 Å². The molecule has 0 atom stereocenters. The fraction of sp³-hybridized carbons (Fsp3) is 0.133. The van der Waals surface area contributed by atoms with Crippen molar-refractivity contribution in [3.63, 3.8) is 0 Å². The minimum absolute atomic E-state index is 0.0336. The Balaban J connectivity index is 1.85. The Morgan fingerprint density at radius 1 is 1.48 bits per heavy atom. The number of rotatable bonds is 5. The van der Waals surface area contributed by atoms with Gasteiger partial charge < -0.3 is 5.32 Å². The van der Waals surface area contributed by atoms with Gasteiger partial charge in [-0.15, -0.1) is 0 Å². The topological polar surface area (TPSA) is 108 Å². The van der Waals surface area contributed by atoms with Crippen LogP contribution in [0.3, 0.4) is 0 Å². The lowest BCUT2D eigenvalue weighted by molar-refractivity contribution is -0.385. The molecule has 12 heteroatoms. The highest BCUT2D eigenvalue weighted by atomic mass is 79.9. The van der Waals surface area contributed by atoms with E-state index in [9.17, 15) is 19.3 Å². The number of aromatic nitrogens is 4. The van der Waals surface area contributed by atoms with Crippen molar-refractivity contribution in [3.05, 3.63) is 67.3 Å². The average molecular weight is 458 g/mol. The van der Waals surface area contributed by atoms with E-state index in [4.69, 9.17) is 11.6 Å². The number of aryl methyl sites for hydroxylation is 1. The molecular formula is C15H11BrClFN6O3. The molecule has 27 heavy (non-hydrogen) atoms. The lowest BCUT2D eigenvalue weighted by Gasteiger charge is -2.06. The zero-order chi connectivity index (χ0) is 19.7. The SMILES string of the molecule is Cn1ncc([N+](=O)[O-])c1C(=O)Nc1nn(Cc2c(F)cccc2Cl)cc1Br. The molecule has 0 unspecified atom stereocenters. The van der Waals surface area contributed by atoms with Crippen molar-refractivity contribution < 1.29 is 14.1 Å². The summed E-state index contributed by atoms with van der Waals surface area (Å²) in [6.07, 6.45) is 2.51. The predicted molar refractivity (Wildman–Crippen MR) is 98.3 cm³/mol. The van der Waals surface area contributed by atoms with E-state index in [1.807, 2.05) is 0 Å². The number of benzene rings is 1. The van der Waals surface area contributed by atoms with Gasteiger partial charge in [0.1, 0.15) is 12.0 Å². The highest BCUT2D eigenvalue weighted by molar-refractivity contribution is 9.10. The molecule has 0 radical (unpaired) electrons. The van der Waals surface area contributed by atoms with Crippen molar-refractivity contribution in [2.75, 3.05) is 5.32 Å². The summed E-state index contributed by atoms with van der Waals surface area (Å²) in [7, 11) is 1.41. The van der Waals surface area contributed by atoms with Gasteiger partial charge in [-0.1, -0.05) is 17.7 Å². The summed E-state index contributed by atoms with van der Waals surface area (Å²) in [5, 5.41) is 21.6. The van der Waals surface area contributed by atoms with E-state index >= 15 is 0 Å². The first kappa shape index (κ1) is 19.0. The maximum atomic E-state index is 13.9. The van der Waals surface area contributed by atoms with E-state index in [1.165, 1.54) is 30.1 Å². The normalized spacial score (nSPS) is 10.8. The van der Waals surface area contributed by atoms with Crippen LogP contribution in [0.5, 0.6) is 0 Å². The number of hydrogen-bond donors (Lipinski definition) is 1. The lowest BCUT2D eigenvalue weighted by atomic mass is 10.2. The smallest absolute Gasteiger partial charge is 0.303 e. The van der Waals surface area contributed by atoms with Crippen molar-refractivity contribution in [2.45, 2.75) is 6.54 Å². The Morgan fingerprint density at radius 2 is 2.22 bits per heavy atom. The first-order chi connectivity index (χ1) is 12.8. The Kier molecular flexibility index (Phi) is 5.24. The van der Waals surface area contributed by atoms with E-state index < -0.39 is 22.3 Å². The zero-order valence-corrected chi connectivity index (χ0v) is 16.0. The molecule has 1 N–H and O–H groups in total. The van der Waals surface area contributed by atoms with E-state index in [1.54, 1.807) is 6.07 Å². The summed E-state index contributed by atoms with van der Waals surface area (Å²) in [6.45, 7) is 0.0336. The van der Waals surface area contributed by atoms with Crippen LogP contribution in [0.4, 0.5) is 15.9 Å². The molecule has 9 nitrogen and oxygen atoms in total. The molecule has 0 aliphatic carbocycles. The average Bonchev–Trinajstić information content (AvgIpc) is 3.14. The van der Waals surface area contributed by atoms with Gasteiger partial charge in [-0.25, -0.2) is 4.39 Å². The van der Waals surface area contributed by atoms with Gasteiger partial charge in [0.25, 0.3) is 5.91 Å². The van der Waals surface area contributed by atoms with Crippen LogP contribution in [-0.2, 0) is 13.6 Å². The molecule has 1 amide bonds. The number of nitro groups is 1. The number of carbonyl (C=O) groups is 1. The van der Waals surface area contributed by atoms with Crippen molar-refractivity contribution in [3.8, 4) is 0 Å². The van der Waals surface area contributed by atoms with E-state index in [2.05, 4.69) is 31.4 Å². The fourth-order valence-corrected chi connectivity index (χ4v) is 3.04. The van der Waals surface area contributed by atoms with Crippen LogP contribution in [-0.4, -0.2) is 30.4 Å². The summed E-state index contributed by atoms with van der Waals surface area (Å²) in [5.74, 6) is -1.12. The standard InChI is InChI=1S/C15H11BrClFN6O3/c1-22-13(12(5-19-22)24(26)27)15(25)20-14-9(16)7-23(21-14)6-8-10(17)3-2-4-11(8)18/h2-5,7H,6H2,1H3,(H,20,21,25). The Bertz CT molecular complexity index is 1030. The first-order valence-electron chi connectivity index (χ1n) is 7.41. The van der Waals surface area contributed by atoms with Crippen molar-refractivity contribution in [1.82, 2.24) is 19.6 Å². The van der Waals surface area contributed by atoms with Crippen LogP contribution in [0.2, 0.25) is 5.02 Å².